The summed E-state index contributed by atoms with van der Waals surface area (Å²) in [5.74, 6) is 4.16. The van der Waals surface area contributed by atoms with Crippen molar-refractivity contribution in [1.29, 1.82) is 0 Å². The van der Waals surface area contributed by atoms with Crippen LogP contribution in [0.3, 0.4) is 0 Å². The summed E-state index contributed by atoms with van der Waals surface area (Å²) in [5, 5.41) is 3.58. The van der Waals surface area contributed by atoms with Crippen molar-refractivity contribution in [3.8, 4) is 5.88 Å². The first-order chi connectivity index (χ1) is 8.74. The van der Waals surface area contributed by atoms with Gasteiger partial charge in [0.15, 0.2) is 0 Å². The van der Waals surface area contributed by atoms with Gasteiger partial charge in [0.25, 0.3) is 0 Å². The zero-order valence-corrected chi connectivity index (χ0v) is 11.1. The number of aryl methyl sites for hydroxylation is 1. The summed E-state index contributed by atoms with van der Waals surface area (Å²) >= 11 is 0. The van der Waals surface area contributed by atoms with E-state index in [1.165, 1.54) is 25.7 Å². The van der Waals surface area contributed by atoms with Gasteiger partial charge in [-0.15, -0.1) is 0 Å². The number of hydrogen-bond donors (Lipinski definition) is 1. The first-order valence-corrected chi connectivity index (χ1v) is 6.99. The molecule has 1 aromatic rings. The summed E-state index contributed by atoms with van der Waals surface area (Å²) in [6.45, 7) is 4.53. The van der Waals surface area contributed by atoms with Crippen molar-refractivity contribution in [2.75, 3.05) is 11.9 Å². The van der Waals surface area contributed by atoms with Crippen LogP contribution in [0.25, 0.3) is 0 Å². The molecule has 4 heteroatoms. The van der Waals surface area contributed by atoms with E-state index in [1.807, 2.05) is 19.9 Å². The largest absolute Gasteiger partial charge is 0.478 e. The van der Waals surface area contributed by atoms with Gasteiger partial charge in [-0.2, -0.15) is 4.98 Å². The minimum Gasteiger partial charge on any atom is -0.478 e. The van der Waals surface area contributed by atoms with Crippen LogP contribution in [-0.2, 0) is 0 Å². The molecule has 3 unspecified atom stereocenters. The van der Waals surface area contributed by atoms with E-state index in [0.29, 0.717) is 18.5 Å². The molecule has 0 saturated heterocycles. The van der Waals surface area contributed by atoms with E-state index < -0.39 is 0 Å². The molecule has 3 rings (SSSR count). The van der Waals surface area contributed by atoms with Crippen LogP contribution in [0.4, 0.5) is 5.82 Å². The van der Waals surface area contributed by atoms with E-state index in [9.17, 15) is 0 Å². The van der Waals surface area contributed by atoms with E-state index in [-0.39, 0.29) is 0 Å². The van der Waals surface area contributed by atoms with Crippen molar-refractivity contribution in [2.24, 2.45) is 11.8 Å². The smallest absolute Gasteiger partial charge is 0.218 e. The van der Waals surface area contributed by atoms with E-state index in [1.54, 1.807) is 0 Å². The molecule has 0 aliphatic heterocycles. The van der Waals surface area contributed by atoms with Crippen LogP contribution in [0.2, 0.25) is 0 Å². The second-order valence-electron chi connectivity index (χ2n) is 5.50. The Morgan fingerprint density at radius 2 is 2.22 bits per heavy atom. The van der Waals surface area contributed by atoms with Crippen molar-refractivity contribution >= 4 is 5.82 Å². The lowest BCUT2D eigenvalue weighted by Crippen LogP contribution is -2.26. The molecule has 1 N–H and O–H groups in total. The number of anilines is 1. The van der Waals surface area contributed by atoms with Gasteiger partial charge in [0, 0.05) is 12.1 Å². The normalized spacial score (nSPS) is 29.6. The highest BCUT2D eigenvalue weighted by Gasteiger charge is 2.39. The molecule has 2 aliphatic rings. The molecule has 0 spiro atoms. The van der Waals surface area contributed by atoms with E-state index >= 15 is 0 Å². The quantitative estimate of drug-likeness (QED) is 0.888. The van der Waals surface area contributed by atoms with Crippen LogP contribution >= 0.6 is 0 Å². The molecule has 4 nitrogen and oxygen atoms in total. The zero-order chi connectivity index (χ0) is 12.5. The van der Waals surface area contributed by atoms with Crippen molar-refractivity contribution in [1.82, 2.24) is 9.97 Å². The monoisotopic (exact) mass is 247 g/mol. The number of nitrogens with one attached hydrogen (secondary N) is 1. The Hall–Kier alpha value is -1.32. The fraction of sp³-hybridized carbons (Fsp3) is 0.714. The Bertz CT molecular complexity index is 435. The molecule has 0 amide bonds. The number of hydrogen-bond acceptors (Lipinski definition) is 4. The predicted octanol–water partition coefficient (Wildman–Crippen LogP) is 2.78. The van der Waals surface area contributed by atoms with Gasteiger partial charge >= 0.3 is 0 Å². The molecule has 0 aromatic carbocycles. The molecule has 2 aliphatic carbocycles. The van der Waals surface area contributed by atoms with Gasteiger partial charge in [-0.05, 0) is 44.9 Å². The summed E-state index contributed by atoms with van der Waals surface area (Å²) < 4.78 is 5.46. The molecule has 2 fully saturated rings. The Labute approximate surface area is 108 Å². The average Bonchev–Trinajstić information content (AvgIpc) is 2.90. The maximum absolute atomic E-state index is 5.46. The molecule has 2 bridgehead atoms. The van der Waals surface area contributed by atoms with Crippen LogP contribution in [0.5, 0.6) is 5.88 Å². The lowest BCUT2D eigenvalue weighted by Gasteiger charge is -2.23. The first kappa shape index (κ1) is 11.8. The topological polar surface area (TPSA) is 47.0 Å². The summed E-state index contributed by atoms with van der Waals surface area (Å²) in [7, 11) is 0. The molecule has 18 heavy (non-hydrogen) atoms. The third kappa shape index (κ3) is 2.28. The molecule has 1 aromatic heterocycles. The maximum atomic E-state index is 5.46. The minimum absolute atomic E-state index is 0.604. The molecule has 2 saturated carbocycles. The van der Waals surface area contributed by atoms with Gasteiger partial charge in [-0.1, -0.05) is 6.42 Å². The number of ether oxygens (including phenoxy) is 1. The van der Waals surface area contributed by atoms with Gasteiger partial charge in [0.2, 0.25) is 5.88 Å². The molecule has 0 radical (unpaired) electrons. The van der Waals surface area contributed by atoms with Crippen LogP contribution in [0, 0.1) is 18.8 Å². The van der Waals surface area contributed by atoms with Crippen LogP contribution in [0.15, 0.2) is 6.07 Å². The number of rotatable bonds is 4. The van der Waals surface area contributed by atoms with Crippen molar-refractivity contribution < 1.29 is 4.74 Å². The SMILES string of the molecule is CCOc1cc(NC2CC3CCC2C3)nc(C)n1. The van der Waals surface area contributed by atoms with Crippen molar-refractivity contribution in [3.05, 3.63) is 11.9 Å². The Balaban J connectivity index is 1.72. The standard InChI is InChI=1S/C14H21N3O/c1-3-18-14-8-13(15-9(2)16-14)17-12-7-10-4-5-11(12)6-10/h8,10-12H,3-7H2,1-2H3,(H,15,16,17). The summed E-state index contributed by atoms with van der Waals surface area (Å²) in [5.41, 5.74) is 0. The Kier molecular flexibility index (Phi) is 3.10. The fourth-order valence-corrected chi connectivity index (χ4v) is 3.45. The van der Waals surface area contributed by atoms with E-state index in [0.717, 1.165) is 23.5 Å². The first-order valence-electron chi connectivity index (χ1n) is 6.99. The number of fused-ring (bicyclic) bond motifs is 2. The second-order valence-corrected chi connectivity index (χ2v) is 5.50. The average molecular weight is 247 g/mol. The van der Waals surface area contributed by atoms with Gasteiger partial charge in [0.05, 0.1) is 6.61 Å². The Morgan fingerprint density at radius 3 is 2.89 bits per heavy atom. The molecule has 3 atom stereocenters. The summed E-state index contributed by atoms with van der Waals surface area (Å²) in [6.07, 6.45) is 5.51. The molecule has 98 valence electrons. The minimum atomic E-state index is 0.604. The number of aromatic nitrogens is 2. The Morgan fingerprint density at radius 1 is 1.33 bits per heavy atom. The van der Waals surface area contributed by atoms with Crippen molar-refractivity contribution in [3.63, 3.8) is 0 Å². The lowest BCUT2D eigenvalue weighted by atomic mass is 9.95. The van der Waals surface area contributed by atoms with Gasteiger partial charge in [0.1, 0.15) is 11.6 Å². The molecular weight excluding hydrogens is 226 g/mol. The van der Waals surface area contributed by atoms with Gasteiger partial charge in [-0.25, -0.2) is 4.98 Å². The fourth-order valence-electron chi connectivity index (χ4n) is 3.45. The third-order valence-electron chi connectivity index (χ3n) is 4.18. The maximum Gasteiger partial charge on any atom is 0.218 e. The van der Waals surface area contributed by atoms with Gasteiger partial charge < -0.3 is 10.1 Å². The van der Waals surface area contributed by atoms with Gasteiger partial charge in [-0.3, -0.25) is 0 Å². The van der Waals surface area contributed by atoms with E-state index in [4.69, 9.17) is 4.74 Å². The summed E-state index contributed by atoms with van der Waals surface area (Å²) in [4.78, 5) is 8.73. The van der Waals surface area contributed by atoms with Crippen LogP contribution in [-0.4, -0.2) is 22.6 Å². The highest BCUT2D eigenvalue weighted by atomic mass is 16.5. The highest BCUT2D eigenvalue weighted by molar-refractivity contribution is 5.40. The molecule has 1 heterocycles. The third-order valence-corrected chi connectivity index (χ3v) is 4.18. The highest BCUT2D eigenvalue weighted by Crippen LogP contribution is 2.45. The molecular formula is C14H21N3O. The van der Waals surface area contributed by atoms with Crippen LogP contribution < -0.4 is 10.1 Å². The van der Waals surface area contributed by atoms with Crippen LogP contribution in [0.1, 0.15) is 38.4 Å². The van der Waals surface area contributed by atoms with Crippen molar-refractivity contribution in [2.45, 2.75) is 45.6 Å². The zero-order valence-electron chi connectivity index (χ0n) is 11.1. The van der Waals surface area contributed by atoms with E-state index in [2.05, 4.69) is 15.3 Å². The second kappa shape index (κ2) is 4.75. The lowest BCUT2D eigenvalue weighted by molar-refractivity contribution is 0.325. The predicted molar refractivity (Wildman–Crippen MR) is 70.8 cm³/mol. The summed E-state index contributed by atoms with van der Waals surface area (Å²) in [6, 6.07) is 2.52. The number of nitrogens with zero attached hydrogens (tertiary/aromatic N) is 2.